The first kappa shape index (κ1) is 6.03. The molecule has 0 aromatic carbocycles. The van der Waals surface area contributed by atoms with E-state index in [0.717, 1.165) is 11.5 Å². The van der Waals surface area contributed by atoms with Crippen LogP contribution in [0.15, 0.2) is 35.3 Å². The standard InChI is InChI=1S/C7H7N3O/c1-3-8-10-7(1)9-6-2-4-11-5-6/h1-5H,(H2,8,9,10). The monoisotopic (exact) mass is 149 g/mol. The van der Waals surface area contributed by atoms with E-state index < -0.39 is 0 Å². The fraction of sp³-hybridized carbons (Fsp3) is 0. The van der Waals surface area contributed by atoms with E-state index in [9.17, 15) is 0 Å². The van der Waals surface area contributed by atoms with Crippen LogP contribution in [0.4, 0.5) is 11.5 Å². The lowest BCUT2D eigenvalue weighted by Crippen LogP contribution is -1.86. The number of aromatic nitrogens is 2. The predicted octanol–water partition coefficient (Wildman–Crippen LogP) is 1.75. The first-order valence-electron chi connectivity index (χ1n) is 3.24. The molecule has 2 aromatic heterocycles. The van der Waals surface area contributed by atoms with Gasteiger partial charge in [0, 0.05) is 6.07 Å². The van der Waals surface area contributed by atoms with Crippen LogP contribution in [0.5, 0.6) is 0 Å². The molecule has 2 heterocycles. The van der Waals surface area contributed by atoms with Crippen molar-refractivity contribution in [3.63, 3.8) is 0 Å². The lowest BCUT2D eigenvalue weighted by Gasteiger charge is -1.95. The van der Waals surface area contributed by atoms with E-state index in [1.54, 1.807) is 18.7 Å². The smallest absolute Gasteiger partial charge is 0.125 e. The molecule has 0 unspecified atom stereocenters. The SMILES string of the molecule is c1cc(Nc2ccoc2)[nH]n1. The third kappa shape index (κ3) is 1.24. The molecule has 0 radical (unpaired) electrons. The quantitative estimate of drug-likeness (QED) is 0.683. The van der Waals surface area contributed by atoms with Crippen molar-refractivity contribution in [2.24, 2.45) is 0 Å². The van der Waals surface area contributed by atoms with Gasteiger partial charge in [-0.05, 0) is 6.07 Å². The van der Waals surface area contributed by atoms with Gasteiger partial charge in [-0.15, -0.1) is 0 Å². The molecule has 0 saturated heterocycles. The van der Waals surface area contributed by atoms with Crippen molar-refractivity contribution >= 4 is 11.5 Å². The molecule has 0 aliphatic carbocycles. The van der Waals surface area contributed by atoms with Gasteiger partial charge in [0.05, 0.1) is 18.1 Å². The first-order chi connectivity index (χ1) is 5.45. The van der Waals surface area contributed by atoms with Crippen LogP contribution in [-0.2, 0) is 0 Å². The number of nitrogens with one attached hydrogen (secondary N) is 2. The third-order valence-corrected chi connectivity index (χ3v) is 1.30. The summed E-state index contributed by atoms with van der Waals surface area (Å²) in [4.78, 5) is 0. The van der Waals surface area contributed by atoms with Crippen molar-refractivity contribution in [2.45, 2.75) is 0 Å². The molecule has 2 rings (SSSR count). The number of hydrogen-bond donors (Lipinski definition) is 2. The van der Waals surface area contributed by atoms with Crippen LogP contribution in [0.3, 0.4) is 0 Å². The van der Waals surface area contributed by atoms with Gasteiger partial charge in [-0.1, -0.05) is 0 Å². The Kier molecular flexibility index (Phi) is 1.37. The Morgan fingerprint density at radius 1 is 1.45 bits per heavy atom. The summed E-state index contributed by atoms with van der Waals surface area (Å²) in [7, 11) is 0. The highest BCUT2D eigenvalue weighted by atomic mass is 16.3. The number of rotatable bonds is 2. The minimum atomic E-state index is 0.853. The van der Waals surface area contributed by atoms with E-state index in [-0.39, 0.29) is 0 Å². The van der Waals surface area contributed by atoms with Crippen LogP contribution in [0.25, 0.3) is 0 Å². The number of hydrogen-bond acceptors (Lipinski definition) is 3. The summed E-state index contributed by atoms with van der Waals surface area (Å²) in [5.74, 6) is 0.853. The van der Waals surface area contributed by atoms with Gasteiger partial charge in [0.25, 0.3) is 0 Å². The van der Waals surface area contributed by atoms with Crippen molar-refractivity contribution in [2.75, 3.05) is 5.32 Å². The molecule has 0 bridgehead atoms. The lowest BCUT2D eigenvalue weighted by molar-refractivity contribution is 0.568. The molecule has 0 aliphatic heterocycles. The first-order valence-corrected chi connectivity index (χ1v) is 3.24. The summed E-state index contributed by atoms with van der Waals surface area (Å²) in [5.41, 5.74) is 0.911. The van der Waals surface area contributed by atoms with Gasteiger partial charge < -0.3 is 9.73 Å². The van der Waals surface area contributed by atoms with Gasteiger partial charge in [-0.25, -0.2) is 0 Å². The largest absolute Gasteiger partial charge is 0.470 e. The molecule has 0 amide bonds. The van der Waals surface area contributed by atoms with Crippen molar-refractivity contribution in [1.82, 2.24) is 10.2 Å². The summed E-state index contributed by atoms with van der Waals surface area (Å²) in [6.45, 7) is 0. The van der Waals surface area contributed by atoms with Gasteiger partial charge >= 0.3 is 0 Å². The molecule has 11 heavy (non-hydrogen) atoms. The van der Waals surface area contributed by atoms with Crippen molar-refractivity contribution < 1.29 is 4.42 Å². The average molecular weight is 149 g/mol. The molecule has 2 aromatic rings. The Morgan fingerprint density at radius 3 is 3.09 bits per heavy atom. The molecule has 0 spiro atoms. The van der Waals surface area contributed by atoms with Gasteiger partial charge in [-0.3, -0.25) is 5.10 Å². The zero-order chi connectivity index (χ0) is 7.52. The Balaban J connectivity index is 2.14. The highest BCUT2D eigenvalue weighted by Crippen LogP contribution is 2.12. The maximum atomic E-state index is 4.87. The second-order valence-corrected chi connectivity index (χ2v) is 2.11. The maximum absolute atomic E-state index is 4.87. The van der Waals surface area contributed by atoms with Gasteiger partial charge in [0.15, 0.2) is 0 Å². The summed E-state index contributed by atoms with van der Waals surface area (Å²) in [5, 5.41) is 9.61. The number of H-pyrrole nitrogens is 1. The molecule has 56 valence electrons. The van der Waals surface area contributed by atoms with Crippen LogP contribution >= 0.6 is 0 Å². The van der Waals surface area contributed by atoms with Gasteiger partial charge in [0.1, 0.15) is 12.1 Å². The van der Waals surface area contributed by atoms with Crippen molar-refractivity contribution in [3.05, 3.63) is 30.9 Å². The second kappa shape index (κ2) is 2.49. The number of anilines is 2. The maximum Gasteiger partial charge on any atom is 0.125 e. The van der Waals surface area contributed by atoms with Crippen LogP contribution in [0.1, 0.15) is 0 Å². The van der Waals surface area contributed by atoms with Crippen LogP contribution < -0.4 is 5.32 Å². The third-order valence-electron chi connectivity index (χ3n) is 1.30. The topological polar surface area (TPSA) is 53.9 Å². The Hall–Kier alpha value is -1.71. The number of furan rings is 1. The lowest BCUT2D eigenvalue weighted by atomic mass is 10.5. The number of nitrogens with zero attached hydrogens (tertiary/aromatic N) is 1. The van der Waals surface area contributed by atoms with E-state index >= 15 is 0 Å². The van der Waals surface area contributed by atoms with Crippen LogP contribution in [-0.4, -0.2) is 10.2 Å². The van der Waals surface area contributed by atoms with Crippen LogP contribution in [0.2, 0.25) is 0 Å². The zero-order valence-corrected chi connectivity index (χ0v) is 5.74. The van der Waals surface area contributed by atoms with E-state index in [1.165, 1.54) is 0 Å². The molecule has 0 atom stereocenters. The van der Waals surface area contributed by atoms with Crippen LogP contribution in [0, 0.1) is 0 Å². The summed E-state index contributed by atoms with van der Waals surface area (Å²) >= 11 is 0. The summed E-state index contributed by atoms with van der Waals surface area (Å²) in [6, 6.07) is 3.67. The summed E-state index contributed by atoms with van der Waals surface area (Å²) in [6.07, 6.45) is 4.92. The van der Waals surface area contributed by atoms with Gasteiger partial charge in [-0.2, -0.15) is 5.10 Å². The normalized spacial score (nSPS) is 9.82. The predicted molar refractivity (Wildman–Crippen MR) is 40.6 cm³/mol. The zero-order valence-electron chi connectivity index (χ0n) is 5.74. The van der Waals surface area contributed by atoms with Gasteiger partial charge in [0.2, 0.25) is 0 Å². The molecule has 4 nitrogen and oxygen atoms in total. The van der Waals surface area contributed by atoms with E-state index in [0.29, 0.717) is 0 Å². The molecule has 4 heteroatoms. The average Bonchev–Trinajstić information content (AvgIpc) is 2.60. The number of aromatic amines is 1. The Morgan fingerprint density at radius 2 is 2.45 bits per heavy atom. The molecular weight excluding hydrogens is 142 g/mol. The fourth-order valence-electron chi connectivity index (χ4n) is 0.817. The highest BCUT2D eigenvalue weighted by molar-refractivity contribution is 5.53. The molecule has 0 saturated carbocycles. The molecular formula is C7H7N3O. The van der Waals surface area contributed by atoms with Crippen molar-refractivity contribution in [3.8, 4) is 0 Å². The molecule has 0 aliphatic rings. The molecule has 2 N–H and O–H groups in total. The van der Waals surface area contributed by atoms with Crippen molar-refractivity contribution in [1.29, 1.82) is 0 Å². The molecule has 0 fully saturated rings. The second-order valence-electron chi connectivity index (χ2n) is 2.11. The fourth-order valence-corrected chi connectivity index (χ4v) is 0.817. The minimum Gasteiger partial charge on any atom is -0.470 e. The summed E-state index contributed by atoms with van der Waals surface area (Å²) < 4.78 is 4.87. The highest BCUT2D eigenvalue weighted by Gasteiger charge is 1.94. The van der Waals surface area contributed by atoms with E-state index in [2.05, 4.69) is 15.5 Å². The van der Waals surface area contributed by atoms with E-state index in [4.69, 9.17) is 4.42 Å². The minimum absolute atomic E-state index is 0.853. The Labute approximate surface area is 63.2 Å². The van der Waals surface area contributed by atoms with E-state index in [1.807, 2.05) is 12.1 Å². The Bertz CT molecular complexity index is 266.